The van der Waals surface area contributed by atoms with Crippen molar-refractivity contribution in [2.45, 2.75) is 19.6 Å². The predicted octanol–water partition coefficient (Wildman–Crippen LogP) is 3.02. The zero-order valence-electron chi connectivity index (χ0n) is 17.6. The topological polar surface area (TPSA) is 80.5 Å². The highest BCUT2D eigenvalue weighted by Gasteiger charge is 2.27. The van der Waals surface area contributed by atoms with Crippen LogP contribution in [-0.4, -0.2) is 50.6 Å². The molecule has 0 radical (unpaired) electrons. The highest BCUT2D eigenvalue weighted by Crippen LogP contribution is 2.34. The van der Waals surface area contributed by atoms with Crippen LogP contribution in [0.5, 0.6) is 23.0 Å². The molecular formula is C22H24N2O6S. The Kier molecular flexibility index (Phi) is 6.43. The molecule has 0 aliphatic carbocycles. The normalized spacial score (nSPS) is 15.8. The van der Waals surface area contributed by atoms with Crippen molar-refractivity contribution in [1.29, 1.82) is 0 Å². The van der Waals surface area contributed by atoms with E-state index in [1.54, 1.807) is 20.3 Å². The Balaban J connectivity index is 1.71. The van der Waals surface area contributed by atoms with Gasteiger partial charge in [-0.25, -0.2) is 0 Å². The first-order valence-electron chi connectivity index (χ1n) is 9.94. The molecule has 0 unspecified atom stereocenters. The van der Waals surface area contributed by atoms with Gasteiger partial charge in [-0.05, 0) is 19.1 Å². The number of amides is 1. The van der Waals surface area contributed by atoms with E-state index < -0.39 is 12.0 Å². The molecule has 0 spiro atoms. The van der Waals surface area contributed by atoms with Gasteiger partial charge in [-0.1, -0.05) is 23.5 Å². The Morgan fingerprint density at radius 3 is 2.68 bits per heavy atom. The van der Waals surface area contributed by atoms with Gasteiger partial charge in [0.25, 0.3) is 5.91 Å². The van der Waals surface area contributed by atoms with Gasteiger partial charge in [0.1, 0.15) is 6.61 Å². The maximum absolute atomic E-state index is 12.9. The second kappa shape index (κ2) is 9.40. The Hall–Kier alpha value is -3.04. The molecule has 0 N–H and O–H groups in total. The number of benzene rings is 2. The number of aromatic nitrogens is 1. The monoisotopic (exact) mass is 444 g/mol. The molecule has 2 aromatic carbocycles. The second-order valence-electron chi connectivity index (χ2n) is 6.72. The quantitative estimate of drug-likeness (QED) is 0.521. The molecule has 0 fully saturated rings. The molecule has 1 aliphatic rings. The molecule has 9 heteroatoms. The highest BCUT2D eigenvalue weighted by atomic mass is 32.1. The standard InChI is InChI=1S/C22H24N2O6S/c1-4-28-10-9-24-14-11-17(26-2)18(27-3)12-20(14)31-22(24)23-21(25)19-13-29-15-7-5-6-8-16(15)30-19/h5-8,11-12,19H,4,9-10,13H2,1-3H3/t19-/m1/s1. The smallest absolute Gasteiger partial charge is 0.292 e. The summed E-state index contributed by atoms with van der Waals surface area (Å²) in [5.74, 6) is 1.99. The van der Waals surface area contributed by atoms with E-state index in [9.17, 15) is 4.79 Å². The molecule has 4 rings (SSSR count). The summed E-state index contributed by atoms with van der Waals surface area (Å²) in [7, 11) is 3.18. The van der Waals surface area contributed by atoms with Crippen LogP contribution in [0.2, 0.25) is 0 Å². The van der Waals surface area contributed by atoms with Gasteiger partial charge in [0, 0.05) is 25.3 Å². The third-order valence-electron chi connectivity index (χ3n) is 4.84. The lowest BCUT2D eigenvalue weighted by Crippen LogP contribution is -2.37. The van der Waals surface area contributed by atoms with Crippen LogP contribution in [0.4, 0.5) is 0 Å². The van der Waals surface area contributed by atoms with E-state index in [-0.39, 0.29) is 6.61 Å². The summed E-state index contributed by atoms with van der Waals surface area (Å²) in [6, 6.07) is 11.0. The third kappa shape index (κ3) is 4.38. The average molecular weight is 445 g/mol. The van der Waals surface area contributed by atoms with Crippen molar-refractivity contribution in [3.05, 3.63) is 41.2 Å². The van der Waals surface area contributed by atoms with E-state index in [2.05, 4.69) is 4.99 Å². The first kappa shape index (κ1) is 21.2. The number of fused-ring (bicyclic) bond motifs is 2. The van der Waals surface area contributed by atoms with Crippen molar-refractivity contribution in [1.82, 2.24) is 4.57 Å². The Morgan fingerprint density at radius 1 is 1.19 bits per heavy atom. The number of carbonyl (C=O) groups excluding carboxylic acids is 1. The van der Waals surface area contributed by atoms with Gasteiger partial charge in [-0.3, -0.25) is 4.79 Å². The average Bonchev–Trinajstić information content (AvgIpc) is 3.13. The van der Waals surface area contributed by atoms with Crippen molar-refractivity contribution in [3.8, 4) is 23.0 Å². The van der Waals surface area contributed by atoms with Gasteiger partial charge in [-0.15, -0.1) is 0 Å². The lowest BCUT2D eigenvalue weighted by atomic mass is 10.2. The number of hydrogen-bond acceptors (Lipinski definition) is 7. The zero-order valence-corrected chi connectivity index (χ0v) is 18.4. The van der Waals surface area contributed by atoms with Crippen molar-refractivity contribution >= 4 is 27.5 Å². The van der Waals surface area contributed by atoms with Crippen LogP contribution in [0.1, 0.15) is 6.92 Å². The molecule has 0 bridgehead atoms. The molecule has 2 heterocycles. The van der Waals surface area contributed by atoms with Gasteiger partial charge in [-0.2, -0.15) is 4.99 Å². The van der Waals surface area contributed by atoms with Crippen molar-refractivity contribution in [2.24, 2.45) is 4.99 Å². The van der Waals surface area contributed by atoms with Gasteiger partial charge in [0.2, 0.25) is 6.10 Å². The summed E-state index contributed by atoms with van der Waals surface area (Å²) in [5.41, 5.74) is 0.889. The Labute approximate surface area is 183 Å². The molecule has 3 aromatic rings. The maximum atomic E-state index is 12.9. The zero-order chi connectivity index (χ0) is 21.8. The van der Waals surface area contributed by atoms with Gasteiger partial charge < -0.3 is 28.3 Å². The summed E-state index contributed by atoms with van der Waals surface area (Å²) in [4.78, 5) is 17.9. The molecule has 1 amide bonds. The van der Waals surface area contributed by atoms with E-state index in [0.29, 0.717) is 47.6 Å². The van der Waals surface area contributed by atoms with E-state index in [0.717, 1.165) is 10.2 Å². The second-order valence-corrected chi connectivity index (χ2v) is 7.73. The first-order valence-corrected chi connectivity index (χ1v) is 10.8. The van der Waals surface area contributed by atoms with E-state index >= 15 is 0 Å². The van der Waals surface area contributed by atoms with Crippen LogP contribution in [0.25, 0.3) is 10.2 Å². The fourth-order valence-electron chi connectivity index (χ4n) is 3.31. The minimum Gasteiger partial charge on any atom is -0.493 e. The van der Waals surface area contributed by atoms with Gasteiger partial charge in [0.05, 0.1) is 31.0 Å². The number of thiazole rings is 1. The lowest BCUT2D eigenvalue weighted by molar-refractivity contribution is -0.127. The molecule has 8 nitrogen and oxygen atoms in total. The van der Waals surface area contributed by atoms with Crippen molar-refractivity contribution < 1.29 is 28.5 Å². The number of methoxy groups -OCH3 is 2. The SMILES string of the molecule is CCOCCn1c(=NC(=O)[C@H]2COc3ccccc3O2)sc2cc(OC)c(OC)cc21. The summed E-state index contributed by atoms with van der Waals surface area (Å²) < 4.78 is 30.7. The van der Waals surface area contributed by atoms with Crippen LogP contribution in [0.15, 0.2) is 41.4 Å². The van der Waals surface area contributed by atoms with Gasteiger partial charge >= 0.3 is 0 Å². The van der Waals surface area contributed by atoms with Crippen LogP contribution < -0.4 is 23.7 Å². The molecule has 0 saturated carbocycles. The summed E-state index contributed by atoms with van der Waals surface area (Å²) >= 11 is 1.40. The number of para-hydroxylation sites is 2. The van der Waals surface area contributed by atoms with Gasteiger partial charge in [0.15, 0.2) is 27.8 Å². The largest absolute Gasteiger partial charge is 0.493 e. The maximum Gasteiger partial charge on any atom is 0.292 e. The van der Waals surface area contributed by atoms with Crippen LogP contribution in [0.3, 0.4) is 0 Å². The Bertz CT molecular complexity index is 1150. The van der Waals surface area contributed by atoms with Crippen LogP contribution in [0, 0.1) is 0 Å². The Morgan fingerprint density at radius 2 is 1.94 bits per heavy atom. The number of rotatable bonds is 7. The molecule has 1 aromatic heterocycles. The summed E-state index contributed by atoms with van der Waals surface area (Å²) in [6.45, 7) is 3.70. The molecule has 1 aliphatic heterocycles. The highest BCUT2D eigenvalue weighted by molar-refractivity contribution is 7.16. The first-order chi connectivity index (χ1) is 15.1. The fourth-order valence-corrected chi connectivity index (χ4v) is 4.38. The van der Waals surface area contributed by atoms with Crippen LogP contribution in [-0.2, 0) is 16.1 Å². The molecule has 0 saturated heterocycles. The van der Waals surface area contributed by atoms with Crippen molar-refractivity contribution in [3.63, 3.8) is 0 Å². The third-order valence-corrected chi connectivity index (χ3v) is 5.88. The molecule has 31 heavy (non-hydrogen) atoms. The number of carbonyl (C=O) groups is 1. The minimum atomic E-state index is -0.801. The molecular weight excluding hydrogens is 420 g/mol. The number of ether oxygens (including phenoxy) is 5. The summed E-state index contributed by atoms with van der Waals surface area (Å²) in [6.07, 6.45) is -0.801. The number of nitrogens with zero attached hydrogens (tertiary/aromatic N) is 2. The molecule has 1 atom stereocenters. The molecule has 164 valence electrons. The predicted molar refractivity (Wildman–Crippen MR) is 116 cm³/mol. The van der Waals surface area contributed by atoms with Crippen molar-refractivity contribution in [2.75, 3.05) is 34.0 Å². The minimum absolute atomic E-state index is 0.116. The number of hydrogen-bond donors (Lipinski definition) is 0. The fraction of sp³-hybridized carbons (Fsp3) is 0.364. The lowest BCUT2D eigenvalue weighted by Gasteiger charge is -2.23. The van der Waals surface area contributed by atoms with E-state index in [1.807, 2.05) is 41.8 Å². The van der Waals surface area contributed by atoms with Crippen LogP contribution >= 0.6 is 11.3 Å². The summed E-state index contributed by atoms with van der Waals surface area (Å²) in [5, 5.41) is 0. The van der Waals surface area contributed by atoms with E-state index in [1.165, 1.54) is 11.3 Å². The van der Waals surface area contributed by atoms with E-state index in [4.69, 9.17) is 23.7 Å².